The predicted octanol–water partition coefficient (Wildman–Crippen LogP) is 3.27. The summed E-state index contributed by atoms with van der Waals surface area (Å²) in [6, 6.07) is 11.1. The van der Waals surface area contributed by atoms with Gasteiger partial charge in [-0.05, 0) is 37.8 Å². The normalized spacial score (nSPS) is 14.7. The third-order valence-electron chi connectivity index (χ3n) is 3.52. The largest absolute Gasteiger partial charge is 0.380 e. The first-order valence-electron chi connectivity index (χ1n) is 6.93. The van der Waals surface area contributed by atoms with Gasteiger partial charge in [0.05, 0.1) is 6.10 Å². The minimum absolute atomic E-state index is 0.297. The van der Waals surface area contributed by atoms with E-state index in [-0.39, 0.29) is 0 Å². The summed E-state index contributed by atoms with van der Waals surface area (Å²) >= 11 is 0. The van der Waals surface area contributed by atoms with Crippen LogP contribution < -0.4 is 5.32 Å². The highest BCUT2D eigenvalue weighted by molar-refractivity contribution is 5.14. The highest BCUT2D eigenvalue weighted by Gasteiger charge is 2.22. The van der Waals surface area contributed by atoms with Gasteiger partial charge in [0.25, 0.3) is 0 Å². The number of hydrogen-bond donors (Lipinski definition) is 1. The van der Waals surface area contributed by atoms with E-state index in [0.29, 0.717) is 18.1 Å². The van der Waals surface area contributed by atoms with E-state index in [0.717, 1.165) is 12.8 Å². The van der Waals surface area contributed by atoms with Gasteiger partial charge < -0.3 is 10.1 Å². The van der Waals surface area contributed by atoms with Gasteiger partial charge in [0, 0.05) is 13.2 Å². The number of ether oxygens (including phenoxy) is 1. The molecule has 18 heavy (non-hydrogen) atoms. The van der Waals surface area contributed by atoms with E-state index in [9.17, 15) is 0 Å². The maximum Gasteiger partial charge on any atom is 0.0746 e. The molecule has 2 atom stereocenters. The van der Waals surface area contributed by atoms with Crippen LogP contribution in [0, 0.1) is 5.92 Å². The molecule has 2 unspecified atom stereocenters. The molecule has 1 aromatic carbocycles. The molecule has 0 aliphatic heterocycles. The van der Waals surface area contributed by atoms with Crippen molar-refractivity contribution in [2.45, 2.75) is 45.3 Å². The topological polar surface area (TPSA) is 21.3 Å². The fourth-order valence-corrected chi connectivity index (χ4v) is 2.54. The van der Waals surface area contributed by atoms with Gasteiger partial charge >= 0.3 is 0 Å². The van der Waals surface area contributed by atoms with Gasteiger partial charge in [-0.3, -0.25) is 0 Å². The quantitative estimate of drug-likeness (QED) is 0.763. The van der Waals surface area contributed by atoms with E-state index in [1.165, 1.54) is 12.0 Å². The molecule has 0 fully saturated rings. The van der Waals surface area contributed by atoms with Gasteiger partial charge in [-0.2, -0.15) is 0 Å². The summed E-state index contributed by atoms with van der Waals surface area (Å²) < 4.78 is 5.61. The number of methoxy groups -OCH3 is 1. The van der Waals surface area contributed by atoms with E-state index in [4.69, 9.17) is 4.74 Å². The molecule has 1 rings (SSSR count). The smallest absolute Gasteiger partial charge is 0.0746 e. The number of rotatable bonds is 8. The molecule has 0 heterocycles. The highest BCUT2D eigenvalue weighted by atomic mass is 16.5. The van der Waals surface area contributed by atoms with E-state index in [1.807, 2.05) is 14.2 Å². The first kappa shape index (κ1) is 15.2. The van der Waals surface area contributed by atoms with Crippen molar-refractivity contribution in [2.24, 2.45) is 5.92 Å². The summed E-state index contributed by atoms with van der Waals surface area (Å²) in [7, 11) is 3.84. The maximum absolute atomic E-state index is 5.61. The zero-order valence-corrected chi connectivity index (χ0v) is 12.1. The summed E-state index contributed by atoms with van der Waals surface area (Å²) in [5.41, 5.74) is 1.42. The first-order valence-corrected chi connectivity index (χ1v) is 6.93. The maximum atomic E-state index is 5.61. The lowest BCUT2D eigenvalue weighted by Crippen LogP contribution is -2.42. The third kappa shape index (κ3) is 4.79. The summed E-state index contributed by atoms with van der Waals surface area (Å²) in [6.45, 7) is 4.44. The van der Waals surface area contributed by atoms with E-state index in [2.05, 4.69) is 49.5 Å². The Kier molecular flexibility index (Phi) is 6.99. The van der Waals surface area contributed by atoms with Crippen molar-refractivity contribution < 1.29 is 4.74 Å². The molecule has 0 aliphatic rings. The molecule has 0 bridgehead atoms. The van der Waals surface area contributed by atoms with Gasteiger partial charge in [0.15, 0.2) is 0 Å². The van der Waals surface area contributed by atoms with Crippen LogP contribution in [-0.4, -0.2) is 26.3 Å². The zero-order chi connectivity index (χ0) is 13.4. The fourth-order valence-electron chi connectivity index (χ4n) is 2.54. The van der Waals surface area contributed by atoms with Crippen LogP contribution in [0.15, 0.2) is 30.3 Å². The van der Waals surface area contributed by atoms with Crippen LogP contribution in [0.25, 0.3) is 0 Å². The molecule has 1 aromatic rings. The molecule has 0 spiro atoms. The summed E-state index contributed by atoms with van der Waals surface area (Å²) in [5.74, 6) is 0.546. The van der Waals surface area contributed by atoms with Crippen LogP contribution in [0.5, 0.6) is 0 Å². The van der Waals surface area contributed by atoms with Crippen LogP contribution in [0.1, 0.15) is 32.3 Å². The Morgan fingerprint density at radius 3 is 2.33 bits per heavy atom. The van der Waals surface area contributed by atoms with Gasteiger partial charge in [0.1, 0.15) is 0 Å². The second-order valence-corrected chi connectivity index (χ2v) is 5.22. The second-order valence-electron chi connectivity index (χ2n) is 5.22. The SMILES string of the molecule is CNC(CCCc1ccccc1)C(OC)C(C)C. The summed E-state index contributed by atoms with van der Waals surface area (Å²) in [5, 5.41) is 3.40. The van der Waals surface area contributed by atoms with Crippen LogP contribution in [0.2, 0.25) is 0 Å². The summed E-state index contributed by atoms with van der Waals surface area (Å²) in [6.07, 6.45) is 3.79. The molecule has 1 N–H and O–H groups in total. The Balaban J connectivity index is 2.40. The van der Waals surface area contributed by atoms with Gasteiger partial charge in [-0.1, -0.05) is 44.2 Å². The number of hydrogen-bond acceptors (Lipinski definition) is 2. The Hall–Kier alpha value is -0.860. The monoisotopic (exact) mass is 249 g/mol. The van der Waals surface area contributed by atoms with Crippen LogP contribution in [0.4, 0.5) is 0 Å². The first-order chi connectivity index (χ1) is 8.69. The fraction of sp³-hybridized carbons (Fsp3) is 0.625. The van der Waals surface area contributed by atoms with Gasteiger partial charge in [0.2, 0.25) is 0 Å². The minimum Gasteiger partial charge on any atom is -0.380 e. The van der Waals surface area contributed by atoms with Crippen molar-refractivity contribution in [3.8, 4) is 0 Å². The minimum atomic E-state index is 0.297. The molecule has 0 amide bonds. The van der Waals surface area contributed by atoms with Crippen molar-refractivity contribution >= 4 is 0 Å². The molecule has 0 saturated heterocycles. The molecule has 102 valence electrons. The number of likely N-dealkylation sites (N-methyl/N-ethyl adjacent to an activating group) is 1. The molecule has 0 aliphatic carbocycles. The van der Waals surface area contributed by atoms with Crippen molar-refractivity contribution in [3.05, 3.63) is 35.9 Å². The molecular formula is C16H27NO. The Morgan fingerprint density at radius 2 is 1.83 bits per heavy atom. The number of benzene rings is 1. The van der Waals surface area contributed by atoms with Gasteiger partial charge in [-0.15, -0.1) is 0 Å². The van der Waals surface area contributed by atoms with Crippen LogP contribution >= 0.6 is 0 Å². The molecule has 2 nitrogen and oxygen atoms in total. The lowest BCUT2D eigenvalue weighted by atomic mass is 9.94. The lowest BCUT2D eigenvalue weighted by Gasteiger charge is -2.28. The zero-order valence-electron chi connectivity index (χ0n) is 12.1. The third-order valence-corrected chi connectivity index (χ3v) is 3.52. The van der Waals surface area contributed by atoms with Crippen molar-refractivity contribution in [3.63, 3.8) is 0 Å². The van der Waals surface area contributed by atoms with E-state index < -0.39 is 0 Å². The van der Waals surface area contributed by atoms with E-state index >= 15 is 0 Å². The average molecular weight is 249 g/mol. The average Bonchev–Trinajstić information content (AvgIpc) is 2.38. The van der Waals surface area contributed by atoms with Crippen LogP contribution in [0.3, 0.4) is 0 Å². The highest BCUT2D eigenvalue weighted by Crippen LogP contribution is 2.15. The Bertz CT molecular complexity index is 310. The number of nitrogens with one attached hydrogen (secondary N) is 1. The second kappa shape index (κ2) is 8.28. The molecule has 2 heteroatoms. The molecule has 0 saturated carbocycles. The Labute approximate surface area is 112 Å². The van der Waals surface area contributed by atoms with E-state index in [1.54, 1.807) is 0 Å². The Morgan fingerprint density at radius 1 is 1.17 bits per heavy atom. The summed E-state index contributed by atoms with van der Waals surface area (Å²) in [4.78, 5) is 0. The number of aryl methyl sites for hydroxylation is 1. The molecular weight excluding hydrogens is 222 g/mol. The standard InChI is InChI=1S/C16H27NO/c1-13(2)16(18-4)15(17-3)12-8-11-14-9-6-5-7-10-14/h5-7,9-10,13,15-17H,8,11-12H2,1-4H3. The van der Waals surface area contributed by atoms with Crippen LogP contribution in [-0.2, 0) is 11.2 Å². The van der Waals surface area contributed by atoms with Gasteiger partial charge in [-0.25, -0.2) is 0 Å². The van der Waals surface area contributed by atoms with Crippen molar-refractivity contribution in [1.29, 1.82) is 0 Å². The van der Waals surface area contributed by atoms with Crippen molar-refractivity contribution in [1.82, 2.24) is 5.32 Å². The lowest BCUT2D eigenvalue weighted by molar-refractivity contribution is 0.0324. The predicted molar refractivity (Wildman–Crippen MR) is 77.9 cm³/mol. The molecule has 0 aromatic heterocycles. The molecule has 0 radical (unpaired) electrons. The van der Waals surface area contributed by atoms with Crippen molar-refractivity contribution in [2.75, 3.05) is 14.2 Å².